The van der Waals surface area contributed by atoms with Gasteiger partial charge in [-0.2, -0.15) is 0 Å². The molecule has 0 spiro atoms. The molecule has 2 N–H and O–H groups in total. The van der Waals surface area contributed by atoms with Crippen molar-refractivity contribution in [1.82, 2.24) is 4.98 Å². The Morgan fingerprint density at radius 1 is 1.47 bits per heavy atom. The average molecular weight is 224 g/mol. The van der Waals surface area contributed by atoms with Crippen LogP contribution >= 0.6 is 11.3 Å². The zero-order chi connectivity index (χ0) is 11.1. The lowest BCUT2D eigenvalue weighted by Gasteiger charge is -2.33. The molecule has 0 aromatic carbocycles. The molecule has 1 aliphatic rings. The molecule has 1 aromatic heterocycles. The molecule has 0 bridgehead atoms. The predicted molar refractivity (Wildman–Crippen MR) is 65.1 cm³/mol. The number of nitrogens with two attached hydrogens (primary N) is 1. The number of thiazole rings is 1. The highest BCUT2D eigenvalue weighted by Gasteiger charge is 2.31. The Morgan fingerprint density at radius 3 is 2.53 bits per heavy atom. The number of hydrogen-bond acceptors (Lipinski definition) is 3. The first-order valence-corrected chi connectivity index (χ1v) is 6.54. The average Bonchev–Trinajstić information content (AvgIpc) is 2.41. The quantitative estimate of drug-likeness (QED) is 0.856. The number of rotatable bonds is 3. The minimum atomic E-state index is -0.214. The number of aryl methyl sites for hydroxylation is 2. The van der Waals surface area contributed by atoms with Gasteiger partial charge in [-0.25, -0.2) is 4.98 Å². The second-order valence-electron chi connectivity index (χ2n) is 5.08. The van der Waals surface area contributed by atoms with Crippen molar-refractivity contribution in [1.29, 1.82) is 0 Å². The highest BCUT2D eigenvalue weighted by Crippen LogP contribution is 2.38. The van der Waals surface area contributed by atoms with Crippen LogP contribution in [0.5, 0.6) is 0 Å². The lowest BCUT2D eigenvalue weighted by atomic mass is 9.77. The van der Waals surface area contributed by atoms with E-state index in [9.17, 15) is 0 Å². The van der Waals surface area contributed by atoms with Gasteiger partial charge in [0.05, 0.1) is 11.2 Å². The molecule has 1 heterocycles. The monoisotopic (exact) mass is 224 g/mol. The summed E-state index contributed by atoms with van der Waals surface area (Å²) < 4.78 is 0. The first-order chi connectivity index (χ1) is 6.99. The standard InChI is InChI=1S/C12H20N2S/c1-8-9(2)15-11(14-8)12(3,13)7-10-5-4-6-10/h10H,4-7,13H2,1-3H3. The van der Waals surface area contributed by atoms with E-state index in [2.05, 4.69) is 25.8 Å². The van der Waals surface area contributed by atoms with Gasteiger partial charge in [0, 0.05) is 4.88 Å². The van der Waals surface area contributed by atoms with Gasteiger partial charge in [0.1, 0.15) is 5.01 Å². The van der Waals surface area contributed by atoms with E-state index in [1.807, 2.05) is 0 Å². The lowest BCUT2D eigenvalue weighted by Crippen LogP contribution is -2.36. The van der Waals surface area contributed by atoms with Crippen LogP contribution in [-0.4, -0.2) is 4.98 Å². The lowest BCUT2D eigenvalue weighted by molar-refractivity contribution is 0.235. The molecule has 2 nitrogen and oxygen atoms in total. The number of aromatic nitrogens is 1. The van der Waals surface area contributed by atoms with Gasteiger partial charge >= 0.3 is 0 Å². The normalized spacial score (nSPS) is 21.1. The van der Waals surface area contributed by atoms with E-state index >= 15 is 0 Å². The fourth-order valence-corrected chi connectivity index (χ4v) is 3.08. The van der Waals surface area contributed by atoms with Crippen LogP contribution in [0.1, 0.15) is 48.2 Å². The Bertz CT molecular complexity index is 331. The summed E-state index contributed by atoms with van der Waals surface area (Å²) in [6.45, 7) is 6.31. The SMILES string of the molecule is Cc1nc(C(C)(N)CC2CCC2)sc1C. The van der Waals surface area contributed by atoms with Crippen LogP contribution in [0.2, 0.25) is 0 Å². The van der Waals surface area contributed by atoms with Gasteiger partial charge in [-0.1, -0.05) is 19.3 Å². The van der Waals surface area contributed by atoms with Gasteiger partial charge in [0.15, 0.2) is 0 Å². The molecule has 0 radical (unpaired) electrons. The smallest absolute Gasteiger partial charge is 0.113 e. The predicted octanol–water partition coefficient (Wildman–Crippen LogP) is 3.12. The van der Waals surface area contributed by atoms with E-state index in [4.69, 9.17) is 5.73 Å². The summed E-state index contributed by atoms with van der Waals surface area (Å²) >= 11 is 1.76. The highest BCUT2D eigenvalue weighted by molar-refractivity contribution is 7.11. The molecule has 15 heavy (non-hydrogen) atoms. The third-order valence-corrected chi connectivity index (χ3v) is 4.81. The summed E-state index contributed by atoms with van der Waals surface area (Å²) in [5, 5.41) is 1.12. The van der Waals surface area contributed by atoms with E-state index in [-0.39, 0.29) is 5.54 Å². The summed E-state index contributed by atoms with van der Waals surface area (Å²) in [6.07, 6.45) is 5.20. The largest absolute Gasteiger partial charge is 0.320 e. The molecule has 0 saturated heterocycles. The molecule has 2 rings (SSSR count). The molecular formula is C12H20N2S. The van der Waals surface area contributed by atoms with E-state index < -0.39 is 0 Å². The first kappa shape index (κ1) is 11.1. The zero-order valence-corrected chi connectivity index (χ0v) is 10.7. The van der Waals surface area contributed by atoms with E-state index in [0.717, 1.165) is 23.0 Å². The van der Waals surface area contributed by atoms with Gasteiger partial charge in [0.2, 0.25) is 0 Å². The molecule has 3 heteroatoms. The Hall–Kier alpha value is -0.410. The van der Waals surface area contributed by atoms with Gasteiger partial charge in [-0.05, 0) is 33.1 Å². The van der Waals surface area contributed by atoms with Crippen molar-refractivity contribution >= 4 is 11.3 Å². The van der Waals surface area contributed by atoms with Gasteiger partial charge in [-0.15, -0.1) is 11.3 Å². The molecule has 1 saturated carbocycles. The summed E-state index contributed by atoms with van der Waals surface area (Å²) in [4.78, 5) is 5.89. The Labute approximate surface area is 95.9 Å². The Morgan fingerprint density at radius 2 is 2.13 bits per heavy atom. The van der Waals surface area contributed by atoms with Crippen molar-refractivity contribution < 1.29 is 0 Å². The van der Waals surface area contributed by atoms with Crippen molar-refractivity contribution in [2.75, 3.05) is 0 Å². The maximum absolute atomic E-state index is 6.38. The van der Waals surface area contributed by atoms with Crippen molar-refractivity contribution in [2.45, 2.75) is 52.0 Å². The van der Waals surface area contributed by atoms with Crippen molar-refractivity contribution in [3.05, 3.63) is 15.6 Å². The number of hydrogen-bond donors (Lipinski definition) is 1. The number of nitrogens with zero attached hydrogens (tertiary/aromatic N) is 1. The maximum atomic E-state index is 6.38. The summed E-state index contributed by atoms with van der Waals surface area (Å²) in [5.74, 6) is 0.838. The second kappa shape index (κ2) is 3.87. The molecule has 84 valence electrons. The van der Waals surface area contributed by atoms with Crippen LogP contribution < -0.4 is 5.73 Å². The van der Waals surface area contributed by atoms with E-state index in [1.54, 1.807) is 11.3 Å². The van der Waals surface area contributed by atoms with Crippen molar-refractivity contribution in [3.8, 4) is 0 Å². The Balaban J connectivity index is 2.12. The van der Waals surface area contributed by atoms with Gasteiger partial charge in [0.25, 0.3) is 0 Å². The van der Waals surface area contributed by atoms with Crippen LogP contribution in [0.25, 0.3) is 0 Å². The minimum absolute atomic E-state index is 0.214. The molecular weight excluding hydrogens is 204 g/mol. The fraction of sp³-hybridized carbons (Fsp3) is 0.750. The molecule has 0 aliphatic heterocycles. The van der Waals surface area contributed by atoms with Crippen LogP contribution in [0.15, 0.2) is 0 Å². The zero-order valence-electron chi connectivity index (χ0n) is 9.84. The third-order valence-electron chi connectivity index (χ3n) is 3.45. The topological polar surface area (TPSA) is 38.9 Å². The first-order valence-electron chi connectivity index (χ1n) is 5.72. The van der Waals surface area contributed by atoms with Crippen LogP contribution in [0, 0.1) is 19.8 Å². The summed E-state index contributed by atoms with van der Waals surface area (Å²) in [5.41, 5.74) is 7.30. The van der Waals surface area contributed by atoms with Crippen molar-refractivity contribution in [2.24, 2.45) is 11.7 Å². The molecule has 0 amide bonds. The summed E-state index contributed by atoms with van der Waals surface area (Å²) in [7, 11) is 0. The fourth-order valence-electron chi connectivity index (χ4n) is 2.10. The molecule has 1 aromatic rings. The van der Waals surface area contributed by atoms with E-state index in [0.29, 0.717) is 0 Å². The van der Waals surface area contributed by atoms with Crippen LogP contribution in [0.3, 0.4) is 0 Å². The Kier molecular flexibility index (Phi) is 2.86. The van der Waals surface area contributed by atoms with E-state index in [1.165, 1.54) is 24.1 Å². The second-order valence-corrected chi connectivity index (χ2v) is 6.28. The molecule has 1 unspecified atom stereocenters. The van der Waals surface area contributed by atoms with Gasteiger partial charge < -0.3 is 5.73 Å². The highest BCUT2D eigenvalue weighted by atomic mass is 32.1. The van der Waals surface area contributed by atoms with Crippen LogP contribution in [0.4, 0.5) is 0 Å². The summed E-state index contributed by atoms with van der Waals surface area (Å²) in [6, 6.07) is 0. The molecule has 1 atom stereocenters. The minimum Gasteiger partial charge on any atom is -0.320 e. The van der Waals surface area contributed by atoms with Gasteiger partial charge in [-0.3, -0.25) is 0 Å². The van der Waals surface area contributed by atoms with Crippen LogP contribution in [-0.2, 0) is 5.54 Å². The molecule has 1 aliphatic carbocycles. The maximum Gasteiger partial charge on any atom is 0.113 e. The molecule has 1 fully saturated rings. The third kappa shape index (κ3) is 2.23. The van der Waals surface area contributed by atoms with Crippen molar-refractivity contribution in [3.63, 3.8) is 0 Å².